The van der Waals surface area contributed by atoms with Crippen LogP contribution < -0.4 is 5.32 Å². The zero-order valence-electron chi connectivity index (χ0n) is 17.6. The van der Waals surface area contributed by atoms with Crippen molar-refractivity contribution in [2.75, 3.05) is 11.1 Å². The molecule has 4 rings (SSSR count). The highest BCUT2D eigenvalue weighted by Crippen LogP contribution is 2.31. The zero-order chi connectivity index (χ0) is 21.1. The summed E-state index contributed by atoms with van der Waals surface area (Å²) < 4.78 is 2.27. The van der Waals surface area contributed by atoms with Gasteiger partial charge in [0.05, 0.1) is 5.75 Å². The topological polar surface area (TPSA) is 34.0 Å². The molecule has 0 saturated carbocycles. The SMILES string of the molecule is Cc1cccc(Cn2cc(SCC(=O)Nc3cc(C)ccc3C)c3ccccc32)c1. The first kappa shape index (κ1) is 20.3. The average Bonchev–Trinajstić information content (AvgIpc) is 3.07. The number of aromatic nitrogens is 1. The standard InChI is InChI=1S/C26H26N2OS/c1-18-7-6-8-21(13-18)15-28-16-25(22-9-4-5-10-24(22)28)30-17-26(29)27-23-14-19(2)11-12-20(23)3/h4-14,16H,15,17H2,1-3H3,(H,27,29). The minimum Gasteiger partial charge on any atom is -0.342 e. The van der Waals surface area contributed by atoms with Gasteiger partial charge in [0, 0.05) is 34.2 Å². The zero-order valence-corrected chi connectivity index (χ0v) is 18.4. The molecule has 0 aliphatic carbocycles. The highest BCUT2D eigenvalue weighted by atomic mass is 32.2. The van der Waals surface area contributed by atoms with Gasteiger partial charge >= 0.3 is 0 Å². The Bertz CT molecular complexity index is 1210. The monoisotopic (exact) mass is 414 g/mol. The summed E-state index contributed by atoms with van der Waals surface area (Å²) >= 11 is 1.59. The van der Waals surface area contributed by atoms with Gasteiger partial charge < -0.3 is 9.88 Å². The van der Waals surface area contributed by atoms with Gasteiger partial charge in [0.15, 0.2) is 0 Å². The van der Waals surface area contributed by atoms with Crippen LogP contribution in [0.3, 0.4) is 0 Å². The lowest BCUT2D eigenvalue weighted by Crippen LogP contribution is -2.14. The Labute approximate surface area is 182 Å². The fourth-order valence-corrected chi connectivity index (χ4v) is 4.55. The quantitative estimate of drug-likeness (QED) is 0.373. The number of hydrogen-bond donors (Lipinski definition) is 1. The van der Waals surface area contributed by atoms with Crippen molar-refractivity contribution >= 4 is 34.3 Å². The number of thioether (sulfide) groups is 1. The molecular weight excluding hydrogens is 388 g/mol. The summed E-state index contributed by atoms with van der Waals surface area (Å²) in [5.41, 5.74) is 6.84. The van der Waals surface area contributed by atoms with Crippen molar-refractivity contribution in [3.63, 3.8) is 0 Å². The molecule has 30 heavy (non-hydrogen) atoms. The summed E-state index contributed by atoms with van der Waals surface area (Å²) in [6.07, 6.45) is 2.17. The maximum absolute atomic E-state index is 12.6. The Hall–Kier alpha value is -2.98. The molecule has 3 nitrogen and oxygen atoms in total. The van der Waals surface area contributed by atoms with Crippen LogP contribution in [-0.2, 0) is 11.3 Å². The molecule has 0 spiro atoms. The number of aryl methyl sites for hydroxylation is 3. The molecule has 1 amide bonds. The predicted octanol–water partition coefficient (Wildman–Crippen LogP) is 6.35. The minimum atomic E-state index is 0.0178. The Balaban J connectivity index is 1.51. The molecule has 1 heterocycles. The van der Waals surface area contributed by atoms with E-state index in [1.54, 1.807) is 11.8 Å². The molecule has 0 radical (unpaired) electrons. The molecule has 0 unspecified atom stereocenters. The van der Waals surface area contributed by atoms with E-state index in [2.05, 4.69) is 77.6 Å². The Morgan fingerprint density at radius 3 is 2.57 bits per heavy atom. The van der Waals surface area contributed by atoms with Crippen LogP contribution in [0, 0.1) is 20.8 Å². The van der Waals surface area contributed by atoms with Crippen molar-refractivity contribution in [1.29, 1.82) is 0 Å². The Morgan fingerprint density at radius 2 is 1.73 bits per heavy atom. The molecule has 0 aliphatic heterocycles. The van der Waals surface area contributed by atoms with Gasteiger partial charge in [-0.25, -0.2) is 0 Å². The lowest BCUT2D eigenvalue weighted by atomic mass is 10.1. The highest BCUT2D eigenvalue weighted by molar-refractivity contribution is 8.00. The molecule has 4 aromatic rings. The number of benzene rings is 3. The summed E-state index contributed by atoms with van der Waals surface area (Å²) in [5, 5.41) is 4.25. The molecule has 0 aliphatic rings. The number of nitrogens with zero attached hydrogens (tertiary/aromatic N) is 1. The van der Waals surface area contributed by atoms with Crippen molar-refractivity contribution in [1.82, 2.24) is 4.57 Å². The summed E-state index contributed by atoms with van der Waals surface area (Å²) in [5.74, 6) is 0.399. The number of para-hydroxylation sites is 1. The number of anilines is 1. The molecule has 152 valence electrons. The van der Waals surface area contributed by atoms with Crippen LogP contribution in [0.1, 0.15) is 22.3 Å². The van der Waals surface area contributed by atoms with Gasteiger partial charge in [-0.15, -0.1) is 11.8 Å². The van der Waals surface area contributed by atoms with E-state index in [1.165, 1.54) is 22.0 Å². The number of carbonyl (C=O) groups is 1. The molecule has 0 bridgehead atoms. The van der Waals surface area contributed by atoms with Gasteiger partial charge in [-0.1, -0.05) is 60.2 Å². The van der Waals surface area contributed by atoms with Gasteiger partial charge in [0.1, 0.15) is 0 Å². The van der Waals surface area contributed by atoms with Gasteiger partial charge in [-0.3, -0.25) is 4.79 Å². The first-order chi connectivity index (χ1) is 14.5. The van der Waals surface area contributed by atoms with Crippen LogP contribution in [0.4, 0.5) is 5.69 Å². The lowest BCUT2D eigenvalue weighted by Gasteiger charge is -2.09. The Morgan fingerprint density at radius 1 is 0.933 bits per heavy atom. The Kier molecular flexibility index (Phi) is 5.96. The molecule has 0 saturated heterocycles. The number of hydrogen-bond acceptors (Lipinski definition) is 2. The summed E-state index contributed by atoms with van der Waals surface area (Å²) in [7, 11) is 0. The molecule has 3 aromatic carbocycles. The smallest absolute Gasteiger partial charge is 0.234 e. The van der Waals surface area contributed by atoms with E-state index in [1.807, 2.05) is 26.0 Å². The third-order valence-corrected chi connectivity index (χ3v) is 6.26. The molecular formula is C26H26N2OS. The lowest BCUT2D eigenvalue weighted by molar-refractivity contribution is -0.113. The van der Waals surface area contributed by atoms with Gasteiger partial charge in [-0.2, -0.15) is 0 Å². The molecule has 1 N–H and O–H groups in total. The van der Waals surface area contributed by atoms with Gasteiger partial charge in [0.25, 0.3) is 0 Å². The van der Waals surface area contributed by atoms with Crippen LogP contribution in [-0.4, -0.2) is 16.2 Å². The van der Waals surface area contributed by atoms with E-state index < -0.39 is 0 Å². The van der Waals surface area contributed by atoms with Crippen LogP contribution >= 0.6 is 11.8 Å². The first-order valence-electron chi connectivity index (χ1n) is 10.1. The van der Waals surface area contributed by atoms with E-state index in [0.717, 1.165) is 28.3 Å². The van der Waals surface area contributed by atoms with Crippen LogP contribution in [0.5, 0.6) is 0 Å². The number of rotatable bonds is 6. The van der Waals surface area contributed by atoms with Crippen LogP contribution in [0.15, 0.2) is 77.8 Å². The molecule has 0 fully saturated rings. The predicted molar refractivity (Wildman–Crippen MR) is 127 cm³/mol. The number of amides is 1. The number of nitrogens with one attached hydrogen (secondary N) is 1. The average molecular weight is 415 g/mol. The van der Waals surface area contributed by atoms with Crippen molar-refractivity contribution < 1.29 is 4.79 Å². The van der Waals surface area contributed by atoms with Crippen LogP contribution in [0.25, 0.3) is 10.9 Å². The van der Waals surface area contributed by atoms with Crippen molar-refractivity contribution in [2.45, 2.75) is 32.2 Å². The second-order valence-corrected chi connectivity index (χ2v) is 8.80. The summed E-state index contributed by atoms with van der Waals surface area (Å²) in [4.78, 5) is 13.7. The van der Waals surface area contributed by atoms with Crippen LogP contribution in [0.2, 0.25) is 0 Å². The van der Waals surface area contributed by atoms with Crippen molar-refractivity contribution in [2.24, 2.45) is 0 Å². The normalized spacial score (nSPS) is 11.0. The second kappa shape index (κ2) is 8.80. The van der Waals surface area contributed by atoms with E-state index >= 15 is 0 Å². The fraction of sp³-hybridized carbons (Fsp3) is 0.192. The highest BCUT2D eigenvalue weighted by Gasteiger charge is 2.12. The number of carbonyl (C=O) groups excluding carboxylic acids is 1. The largest absolute Gasteiger partial charge is 0.342 e. The second-order valence-electron chi connectivity index (χ2n) is 7.78. The maximum Gasteiger partial charge on any atom is 0.234 e. The minimum absolute atomic E-state index is 0.0178. The van der Waals surface area contributed by atoms with E-state index in [0.29, 0.717) is 5.75 Å². The molecule has 0 atom stereocenters. The van der Waals surface area contributed by atoms with Crippen molar-refractivity contribution in [3.05, 3.63) is 95.2 Å². The summed E-state index contributed by atoms with van der Waals surface area (Å²) in [6.45, 7) is 6.98. The van der Waals surface area contributed by atoms with Gasteiger partial charge in [0.2, 0.25) is 5.91 Å². The maximum atomic E-state index is 12.6. The molecule has 1 aromatic heterocycles. The number of fused-ring (bicyclic) bond motifs is 1. The first-order valence-corrected chi connectivity index (χ1v) is 11.1. The molecule has 4 heteroatoms. The van der Waals surface area contributed by atoms with E-state index in [4.69, 9.17) is 0 Å². The fourth-order valence-electron chi connectivity index (χ4n) is 3.67. The van der Waals surface area contributed by atoms with Crippen molar-refractivity contribution in [3.8, 4) is 0 Å². The third kappa shape index (κ3) is 4.60. The van der Waals surface area contributed by atoms with E-state index in [-0.39, 0.29) is 5.91 Å². The third-order valence-electron chi connectivity index (χ3n) is 5.21. The van der Waals surface area contributed by atoms with E-state index in [9.17, 15) is 4.79 Å². The van der Waals surface area contributed by atoms with Gasteiger partial charge in [-0.05, 0) is 49.6 Å². The summed E-state index contributed by atoms with van der Waals surface area (Å²) in [6, 6.07) is 23.1.